The molecule has 0 amide bonds. The van der Waals surface area contributed by atoms with Crippen molar-refractivity contribution in [2.75, 3.05) is 6.54 Å². The highest BCUT2D eigenvalue weighted by molar-refractivity contribution is 6.32. The summed E-state index contributed by atoms with van der Waals surface area (Å²) in [5.41, 5.74) is 3.48. The third-order valence-electron chi connectivity index (χ3n) is 3.08. The summed E-state index contributed by atoms with van der Waals surface area (Å²) in [7, 11) is 0. The van der Waals surface area contributed by atoms with Crippen molar-refractivity contribution < 1.29 is 4.74 Å². The SMILES string of the molecule is CCNCc1cccc(Cl)c1OCc1cccc(C)c1. The lowest BCUT2D eigenvalue weighted by Gasteiger charge is -2.13. The molecule has 0 spiro atoms. The van der Waals surface area contributed by atoms with Crippen LogP contribution in [-0.4, -0.2) is 6.54 Å². The van der Waals surface area contributed by atoms with Crippen molar-refractivity contribution >= 4 is 11.6 Å². The Balaban J connectivity index is 2.11. The molecule has 0 unspecified atom stereocenters. The number of nitrogens with one attached hydrogen (secondary N) is 1. The highest BCUT2D eigenvalue weighted by atomic mass is 35.5. The maximum Gasteiger partial charge on any atom is 0.142 e. The molecule has 0 aliphatic heterocycles. The number of aryl methyl sites for hydroxylation is 1. The number of hydrogen-bond donors (Lipinski definition) is 1. The molecule has 0 fully saturated rings. The fraction of sp³-hybridized carbons (Fsp3) is 0.294. The number of rotatable bonds is 6. The van der Waals surface area contributed by atoms with Gasteiger partial charge in [-0.15, -0.1) is 0 Å². The highest BCUT2D eigenvalue weighted by Gasteiger charge is 2.08. The zero-order valence-corrected chi connectivity index (χ0v) is 12.7. The Morgan fingerprint density at radius 3 is 2.70 bits per heavy atom. The van der Waals surface area contributed by atoms with E-state index in [1.54, 1.807) is 0 Å². The van der Waals surface area contributed by atoms with Crippen LogP contribution in [0.2, 0.25) is 5.02 Å². The molecule has 20 heavy (non-hydrogen) atoms. The fourth-order valence-corrected chi connectivity index (χ4v) is 2.32. The first-order valence-corrected chi connectivity index (χ1v) is 7.25. The van der Waals surface area contributed by atoms with Crippen LogP contribution in [0.1, 0.15) is 23.6 Å². The molecular formula is C17H20ClNO. The van der Waals surface area contributed by atoms with E-state index in [1.807, 2.05) is 24.3 Å². The van der Waals surface area contributed by atoms with Crippen LogP contribution < -0.4 is 10.1 Å². The topological polar surface area (TPSA) is 21.3 Å². The summed E-state index contributed by atoms with van der Waals surface area (Å²) in [6.45, 7) is 6.38. The van der Waals surface area contributed by atoms with Crippen LogP contribution >= 0.6 is 11.6 Å². The van der Waals surface area contributed by atoms with Gasteiger partial charge < -0.3 is 10.1 Å². The standard InChI is InChI=1S/C17H20ClNO/c1-3-19-11-15-8-5-9-16(18)17(15)20-12-14-7-4-6-13(2)10-14/h4-10,19H,3,11-12H2,1-2H3. The largest absolute Gasteiger partial charge is 0.487 e. The van der Waals surface area contributed by atoms with Gasteiger partial charge in [0, 0.05) is 12.1 Å². The van der Waals surface area contributed by atoms with Gasteiger partial charge in [0.25, 0.3) is 0 Å². The van der Waals surface area contributed by atoms with Crippen molar-refractivity contribution in [2.24, 2.45) is 0 Å². The zero-order chi connectivity index (χ0) is 14.4. The molecule has 0 bridgehead atoms. The predicted molar refractivity (Wildman–Crippen MR) is 84.3 cm³/mol. The summed E-state index contributed by atoms with van der Waals surface area (Å²) in [6, 6.07) is 14.2. The predicted octanol–water partition coefficient (Wildman–Crippen LogP) is 4.34. The quantitative estimate of drug-likeness (QED) is 0.854. The van der Waals surface area contributed by atoms with Gasteiger partial charge in [0.2, 0.25) is 0 Å². The van der Waals surface area contributed by atoms with Gasteiger partial charge in [0.05, 0.1) is 5.02 Å². The highest BCUT2D eigenvalue weighted by Crippen LogP contribution is 2.29. The molecule has 0 aliphatic carbocycles. The lowest BCUT2D eigenvalue weighted by Crippen LogP contribution is -2.13. The molecule has 2 aromatic rings. The number of halogens is 1. The van der Waals surface area contributed by atoms with E-state index >= 15 is 0 Å². The van der Waals surface area contributed by atoms with Crippen LogP contribution in [0, 0.1) is 6.92 Å². The Labute approximate surface area is 125 Å². The van der Waals surface area contributed by atoms with Crippen molar-refractivity contribution in [1.29, 1.82) is 0 Å². The Morgan fingerprint density at radius 2 is 1.95 bits per heavy atom. The van der Waals surface area contributed by atoms with Crippen molar-refractivity contribution in [3.8, 4) is 5.75 Å². The van der Waals surface area contributed by atoms with E-state index in [4.69, 9.17) is 16.3 Å². The Kier molecular flexibility index (Phi) is 5.45. The van der Waals surface area contributed by atoms with Gasteiger partial charge in [0.15, 0.2) is 0 Å². The first-order valence-electron chi connectivity index (χ1n) is 6.87. The normalized spacial score (nSPS) is 10.6. The van der Waals surface area contributed by atoms with Gasteiger partial charge in [-0.1, -0.05) is 60.5 Å². The summed E-state index contributed by atoms with van der Waals surface area (Å²) >= 11 is 6.25. The van der Waals surface area contributed by atoms with E-state index in [9.17, 15) is 0 Å². The van der Waals surface area contributed by atoms with Gasteiger partial charge in [0.1, 0.15) is 12.4 Å². The van der Waals surface area contributed by atoms with Crippen LogP contribution in [0.5, 0.6) is 5.75 Å². The number of benzene rings is 2. The molecule has 0 aliphatic rings. The summed E-state index contributed by atoms with van der Waals surface area (Å²) in [5, 5.41) is 3.96. The number of ether oxygens (including phenoxy) is 1. The Hall–Kier alpha value is -1.51. The van der Waals surface area contributed by atoms with E-state index in [-0.39, 0.29) is 0 Å². The summed E-state index contributed by atoms with van der Waals surface area (Å²) in [6.07, 6.45) is 0. The molecule has 0 aromatic heterocycles. The van der Waals surface area contributed by atoms with Crippen LogP contribution in [0.3, 0.4) is 0 Å². The second kappa shape index (κ2) is 7.32. The van der Waals surface area contributed by atoms with Gasteiger partial charge in [-0.25, -0.2) is 0 Å². The molecule has 0 atom stereocenters. The van der Waals surface area contributed by atoms with Crippen LogP contribution in [0.15, 0.2) is 42.5 Å². The van der Waals surface area contributed by atoms with E-state index in [1.165, 1.54) is 5.56 Å². The summed E-state index contributed by atoms with van der Waals surface area (Å²) < 4.78 is 5.93. The lowest BCUT2D eigenvalue weighted by molar-refractivity contribution is 0.302. The van der Waals surface area contributed by atoms with Gasteiger partial charge >= 0.3 is 0 Å². The zero-order valence-electron chi connectivity index (χ0n) is 11.9. The maximum absolute atomic E-state index is 6.25. The van der Waals surface area contributed by atoms with E-state index in [0.717, 1.165) is 30.0 Å². The minimum atomic E-state index is 0.532. The smallest absolute Gasteiger partial charge is 0.142 e. The van der Waals surface area contributed by atoms with Crippen molar-refractivity contribution in [1.82, 2.24) is 5.32 Å². The van der Waals surface area contributed by atoms with Crippen molar-refractivity contribution in [3.05, 3.63) is 64.2 Å². The third-order valence-corrected chi connectivity index (χ3v) is 3.38. The minimum Gasteiger partial charge on any atom is -0.487 e. The lowest BCUT2D eigenvalue weighted by atomic mass is 10.1. The molecule has 0 saturated heterocycles. The first kappa shape index (κ1) is 14.9. The van der Waals surface area contributed by atoms with Gasteiger partial charge in [-0.2, -0.15) is 0 Å². The van der Waals surface area contributed by atoms with Crippen LogP contribution in [0.25, 0.3) is 0 Å². The molecule has 2 rings (SSSR count). The first-order chi connectivity index (χ1) is 9.70. The van der Waals surface area contributed by atoms with Gasteiger partial charge in [-0.05, 0) is 25.1 Å². The summed E-state index contributed by atoms with van der Waals surface area (Å²) in [4.78, 5) is 0. The maximum atomic E-state index is 6.25. The van der Waals surface area contributed by atoms with E-state index < -0.39 is 0 Å². The molecule has 0 radical (unpaired) electrons. The molecular weight excluding hydrogens is 270 g/mol. The average molecular weight is 290 g/mol. The molecule has 106 valence electrons. The average Bonchev–Trinajstić information content (AvgIpc) is 2.44. The third kappa shape index (κ3) is 3.99. The van der Waals surface area contributed by atoms with Crippen molar-refractivity contribution in [2.45, 2.75) is 27.0 Å². The molecule has 3 heteroatoms. The Bertz CT molecular complexity index is 569. The number of para-hydroxylation sites is 1. The summed E-state index contributed by atoms with van der Waals surface area (Å²) in [5.74, 6) is 0.775. The molecule has 2 nitrogen and oxygen atoms in total. The number of hydrogen-bond acceptors (Lipinski definition) is 2. The molecule has 2 aromatic carbocycles. The molecule has 0 heterocycles. The molecule has 0 saturated carbocycles. The minimum absolute atomic E-state index is 0.532. The molecule has 1 N–H and O–H groups in total. The second-order valence-corrected chi connectivity index (χ2v) is 5.19. The van der Waals surface area contributed by atoms with Crippen LogP contribution in [0.4, 0.5) is 0 Å². The Morgan fingerprint density at radius 1 is 1.15 bits per heavy atom. The van der Waals surface area contributed by atoms with Gasteiger partial charge in [-0.3, -0.25) is 0 Å². The van der Waals surface area contributed by atoms with E-state index in [2.05, 4.69) is 37.4 Å². The fourth-order valence-electron chi connectivity index (χ4n) is 2.07. The van der Waals surface area contributed by atoms with Crippen molar-refractivity contribution in [3.63, 3.8) is 0 Å². The monoisotopic (exact) mass is 289 g/mol. The van der Waals surface area contributed by atoms with E-state index in [0.29, 0.717) is 11.6 Å². The second-order valence-electron chi connectivity index (χ2n) is 4.79. The van der Waals surface area contributed by atoms with Crippen LogP contribution in [-0.2, 0) is 13.2 Å².